The van der Waals surface area contributed by atoms with Crippen molar-refractivity contribution in [1.82, 2.24) is 15.3 Å². The van der Waals surface area contributed by atoms with Crippen LogP contribution in [0.15, 0.2) is 30.5 Å². The minimum atomic E-state index is -0.908. The molecule has 1 aliphatic rings. The number of hydrogen-bond acceptors (Lipinski definition) is 6. The van der Waals surface area contributed by atoms with Crippen LogP contribution in [0.25, 0.3) is 20.7 Å². The summed E-state index contributed by atoms with van der Waals surface area (Å²) in [6.07, 6.45) is 5.42. The number of carboxylic acid groups (broad SMARTS) is 1. The second kappa shape index (κ2) is 8.24. The lowest BCUT2D eigenvalue weighted by molar-refractivity contribution is 0.0699. The second-order valence-corrected chi connectivity index (χ2v) is 8.35. The van der Waals surface area contributed by atoms with Crippen molar-refractivity contribution in [3.8, 4) is 10.6 Å². The molecular weight excluding hydrogens is 372 g/mol. The molecule has 7 heteroatoms. The van der Waals surface area contributed by atoms with Gasteiger partial charge in [0.15, 0.2) is 0 Å². The summed E-state index contributed by atoms with van der Waals surface area (Å²) in [7, 11) is 0. The van der Waals surface area contributed by atoms with Gasteiger partial charge in [-0.05, 0) is 69.0 Å². The highest BCUT2D eigenvalue weighted by atomic mass is 32.1. The number of nitrogens with zero attached hydrogens (tertiary/aromatic N) is 2. The fourth-order valence-corrected chi connectivity index (χ4v) is 4.84. The number of benzene rings is 1. The number of carboxylic acids is 1. The van der Waals surface area contributed by atoms with Gasteiger partial charge < -0.3 is 15.7 Å². The molecule has 0 radical (unpaired) electrons. The van der Waals surface area contributed by atoms with Gasteiger partial charge in [0.05, 0.1) is 16.1 Å². The first kappa shape index (κ1) is 18.8. The van der Waals surface area contributed by atoms with E-state index in [0.717, 1.165) is 58.2 Å². The first-order chi connectivity index (χ1) is 13.6. The smallest absolute Gasteiger partial charge is 0.336 e. The third-order valence-corrected chi connectivity index (χ3v) is 6.40. The van der Waals surface area contributed by atoms with Crippen molar-refractivity contribution < 1.29 is 9.90 Å². The standard InChI is InChI=1S/C21H24N4O2S/c1-13-12-24-21(23-10-7-14-5-8-22-9-6-14)25-19(13)18-11-16-15(20(26)27)3-2-4-17(16)28-18/h2-4,11-12,14,22H,5-10H2,1H3,(H,26,27)(H,23,24,25). The number of piperidine rings is 1. The van der Waals surface area contributed by atoms with Crippen molar-refractivity contribution in [3.63, 3.8) is 0 Å². The molecule has 1 fully saturated rings. The zero-order chi connectivity index (χ0) is 19.5. The third-order valence-electron chi connectivity index (χ3n) is 5.29. The van der Waals surface area contributed by atoms with Crippen LogP contribution in [0.1, 0.15) is 35.2 Å². The van der Waals surface area contributed by atoms with Crippen LogP contribution >= 0.6 is 11.3 Å². The quantitative estimate of drug-likeness (QED) is 0.580. The summed E-state index contributed by atoms with van der Waals surface area (Å²) in [5, 5.41) is 16.9. The van der Waals surface area contributed by atoms with Gasteiger partial charge in [-0.25, -0.2) is 14.8 Å². The van der Waals surface area contributed by atoms with E-state index in [2.05, 4.69) is 15.6 Å². The Kier molecular flexibility index (Phi) is 5.54. The number of aromatic carboxylic acids is 1. The van der Waals surface area contributed by atoms with Gasteiger partial charge in [-0.2, -0.15) is 0 Å². The highest BCUT2D eigenvalue weighted by Gasteiger charge is 2.16. The zero-order valence-electron chi connectivity index (χ0n) is 15.9. The van der Waals surface area contributed by atoms with Gasteiger partial charge in [-0.15, -0.1) is 11.3 Å². The predicted octanol–water partition coefficient (Wildman–Crippen LogP) is 4.17. The Balaban J connectivity index is 1.54. The number of hydrogen-bond donors (Lipinski definition) is 3. The second-order valence-electron chi connectivity index (χ2n) is 7.27. The van der Waals surface area contributed by atoms with Crippen LogP contribution in [0.2, 0.25) is 0 Å². The molecule has 0 spiro atoms. The number of aryl methyl sites for hydroxylation is 1. The Morgan fingerprint density at radius 3 is 2.96 bits per heavy atom. The molecule has 3 aromatic rings. The Hall–Kier alpha value is -2.51. The maximum absolute atomic E-state index is 11.5. The lowest BCUT2D eigenvalue weighted by Crippen LogP contribution is -2.28. The van der Waals surface area contributed by atoms with Gasteiger partial charge in [0, 0.05) is 22.8 Å². The highest BCUT2D eigenvalue weighted by Crippen LogP contribution is 2.35. The van der Waals surface area contributed by atoms with Crippen LogP contribution in [0.3, 0.4) is 0 Å². The third kappa shape index (κ3) is 4.00. The number of thiophene rings is 1. The van der Waals surface area contributed by atoms with Crippen molar-refractivity contribution >= 4 is 33.3 Å². The molecule has 0 atom stereocenters. The maximum Gasteiger partial charge on any atom is 0.336 e. The van der Waals surface area contributed by atoms with Crippen molar-refractivity contribution in [2.24, 2.45) is 5.92 Å². The highest BCUT2D eigenvalue weighted by molar-refractivity contribution is 7.22. The van der Waals surface area contributed by atoms with E-state index in [1.165, 1.54) is 12.8 Å². The Labute approximate surface area is 168 Å². The molecule has 3 N–H and O–H groups in total. The molecule has 0 saturated carbocycles. The molecule has 4 rings (SSSR count). The van der Waals surface area contributed by atoms with Gasteiger partial charge in [-0.1, -0.05) is 6.07 Å². The number of carbonyl (C=O) groups is 1. The zero-order valence-corrected chi connectivity index (χ0v) is 16.7. The van der Waals surface area contributed by atoms with Crippen LogP contribution in [-0.2, 0) is 0 Å². The number of rotatable bonds is 6. The molecule has 6 nitrogen and oxygen atoms in total. The lowest BCUT2D eigenvalue weighted by atomic mass is 9.95. The normalized spacial score (nSPS) is 15.0. The van der Waals surface area contributed by atoms with E-state index in [4.69, 9.17) is 4.98 Å². The number of anilines is 1. The SMILES string of the molecule is Cc1cnc(NCCC2CCNCC2)nc1-c1cc2c(C(=O)O)cccc2s1. The monoisotopic (exact) mass is 396 g/mol. The fourth-order valence-electron chi connectivity index (χ4n) is 3.70. The van der Waals surface area contributed by atoms with E-state index in [1.807, 2.05) is 25.3 Å². The molecule has 28 heavy (non-hydrogen) atoms. The summed E-state index contributed by atoms with van der Waals surface area (Å²) in [4.78, 5) is 21.6. The molecule has 0 aliphatic carbocycles. The van der Waals surface area contributed by atoms with Crippen molar-refractivity contribution in [1.29, 1.82) is 0 Å². The molecule has 3 heterocycles. The van der Waals surface area contributed by atoms with E-state index in [0.29, 0.717) is 11.5 Å². The van der Waals surface area contributed by atoms with Gasteiger partial charge in [0.2, 0.25) is 5.95 Å². The molecule has 146 valence electrons. The van der Waals surface area contributed by atoms with Crippen LogP contribution in [0.4, 0.5) is 5.95 Å². The average molecular weight is 397 g/mol. The van der Waals surface area contributed by atoms with Crippen LogP contribution in [-0.4, -0.2) is 40.7 Å². The predicted molar refractivity (Wildman–Crippen MR) is 113 cm³/mol. The van der Waals surface area contributed by atoms with Crippen LogP contribution < -0.4 is 10.6 Å². The van der Waals surface area contributed by atoms with Crippen molar-refractivity contribution in [2.75, 3.05) is 25.0 Å². The molecule has 0 unspecified atom stereocenters. The minimum absolute atomic E-state index is 0.326. The van der Waals surface area contributed by atoms with Gasteiger partial charge in [-0.3, -0.25) is 0 Å². The Morgan fingerprint density at radius 2 is 2.18 bits per heavy atom. The molecule has 1 aliphatic heterocycles. The van der Waals surface area contributed by atoms with E-state index in [9.17, 15) is 9.90 Å². The molecule has 0 bridgehead atoms. The van der Waals surface area contributed by atoms with Crippen LogP contribution in [0, 0.1) is 12.8 Å². The summed E-state index contributed by atoms with van der Waals surface area (Å²) in [5.41, 5.74) is 2.16. The van der Waals surface area contributed by atoms with E-state index in [1.54, 1.807) is 23.5 Å². The number of aromatic nitrogens is 2. The molecular formula is C21H24N4O2S. The van der Waals surface area contributed by atoms with E-state index < -0.39 is 5.97 Å². The molecule has 0 amide bonds. The van der Waals surface area contributed by atoms with Crippen molar-refractivity contribution in [2.45, 2.75) is 26.2 Å². The summed E-state index contributed by atoms with van der Waals surface area (Å²) in [6, 6.07) is 7.30. The van der Waals surface area contributed by atoms with Crippen LogP contribution in [0.5, 0.6) is 0 Å². The first-order valence-electron chi connectivity index (χ1n) is 9.66. The van der Waals surface area contributed by atoms with Gasteiger partial charge in [0.25, 0.3) is 0 Å². The number of nitrogens with one attached hydrogen (secondary N) is 2. The van der Waals surface area contributed by atoms with E-state index in [-0.39, 0.29) is 0 Å². The number of fused-ring (bicyclic) bond motifs is 1. The van der Waals surface area contributed by atoms with Gasteiger partial charge >= 0.3 is 5.97 Å². The minimum Gasteiger partial charge on any atom is -0.478 e. The maximum atomic E-state index is 11.5. The Morgan fingerprint density at radius 1 is 1.36 bits per heavy atom. The first-order valence-corrected chi connectivity index (χ1v) is 10.5. The van der Waals surface area contributed by atoms with Gasteiger partial charge in [0.1, 0.15) is 0 Å². The summed E-state index contributed by atoms with van der Waals surface area (Å²) in [6.45, 7) is 5.07. The molecule has 1 aromatic carbocycles. The van der Waals surface area contributed by atoms with E-state index >= 15 is 0 Å². The largest absolute Gasteiger partial charge is 0.478 e. The molecule has 1 saturated heterocycles. The lowest BCUT2D eigenvalue weighted by Gasteiger charge is -2.22. The Bertz CT molecular complexity index is 995. The topological polar surface area (TPSA) is 87.1 Å². The summed E-state index contributed by atoms with van der Waals surface area (Å²) >= 11 is 1.56. The van der Waals surface area contributed by atoms with Crippen molar-refractivity contribution in [3.05, 3.63) is 41.6 Å². The fraction of sp³-hybridized carbons (Fsp3) is 0.381. The summed E-state index contributed by atoms with van der Waals surface area (Å²) in [5.74, 6) is 0.482. The average Bonchev–Trinajstić information content (AvgIpc) is 3.14. The summed E-state index contributed by atoms with van der Waals surface area (Å²) < 4.78 is 0.952. The molecule has 2 aromatic heterocycles.